The summed E-state index contributed by atoms with van der Waals surface area (Å²) in [5, 5.41) is 0. The van der Waals surface area contributed by atoms with Gasteiger partial charge in [0.2, 0.25) is 0 Å². The van der Waals surface area contributed by atoms with E-state index >= 15 is 0 Å². The van der Waals surface area contributed by atoms with Crippen molar-refractivity contribution in [2.75, 3.05) is 0 Å². The summed E-state index contributed by atoms with van der Waals surface area (Å²) in [4.78, 5) is 12.5. The number of benzene rings is 1. The molecule has 17 heavy (non-hydrogen) atoms. The Bertz CT molecular complexity index is 431. The summed E-state index contributed by atoms with van der Waals surface area (Å²) in [7, 11) is 0. The Morgan fingerprint density at radius 2 is 1.76 bits per heavy atom. The normalized spacial score (nSPS) is 17.1. The summed E-state index contributed by atoms with van der Waals surface area (Å²) in [5.41, 5.74) is 3.17. The van der Waals surface area contributed by atoms with E-state index in [9.17, 15) is 4.79 Å². The summed E-state index contributed by atoms with van der Waals surface area (Å²) < 4.78 is 1.09. The monoisotopic (exact) mass is 294 g/mol. The summed E-state index contributed by atoms with van der Waals surface area (Å²) >= 11 is 3.51. The highest BCUT2D eigenvalue weighted by molar-refractivity contribution is 9.10. The van der Waals surface area contributed by atoms with Gasteiger partial charge in [0.25, 0.3) is 0 Å². The number of rotatable bonds is 2. The molecule has 1 saturated carbocycles. The highest BCUT2D eigenvalue weighted by atomic mass is 79.9. The van der Waals surface area contributed by atoms with E-state index < -0.39 is 0 Å². The molecule has 0 spiro atoms. The van der Waals surface area contributed by atoms with Gasteiger partial charge < -0.3 is 0 Å². The van der Waals surface area contributed by atoms with Crippen LogP contribution in [0.15, 0.2) is 16.6 Å². The Morgan fingerprint density at radius 1 is 1.12 bits per heavy atom. The van der Waals surface area contributed by atoms with Crippen molar-refractivity contribution in [1.29, 1.82) is 0 Å². The largest absolute Gasteiger partial charge is 0.294 e. The molecule has 92 valence electrons. The van der Waals surface area contributed by atoms with Crippen LogP contribution in [0.3, 0.4) is 0 Å². The van der Waals surface area contributed by atoms with E-state index in [1.165, 1.54) is 19.3 Å². The zero-order chi connectivity index (χ0) is 12.4. The first kappa shape index (κ1) is 12.8. The van der Waals surface area contributed by atoms with Gasteiger partial charge in [-0.05, 0) is 49.9 Å². The van der Waals surface area contributed by atoms with Gasteiger partial charge in [-0.25, -0.2) is 0 Å². The number of carbonyl (C=O) groups is 1. The topological polar surface area (TPSA) is 17.1 Å². The number of ketones is 1. The third-order valence-electron chi connectivity index (χ3n) is 3.75. The lowest BCUT2D eigenvalue weighted by atomic mass is 9.82. The molecule has 0 radical (unpaired) electrons. The van der Waals surface area contributed by atoms with E-state index in [-0.39, 0.29) is 5.92 Å². The Hall–Kier alpha value is -0.630. The number of hydrogen-bond acceptors (Lipinski definition) is 1. The molecule has 2 rings (SSSR count). The minimum absolute atomic E-state index is 0.267. The van der Waals surface area contributed by atoms with Gasteiger partial charge >= 0.3 is 0 Å². The van der Waals surface area contributed by atoms with Gasteiger partial charge in [0, 0.05) is 16.0 Å². The fourth-order valence-corrected chi connectivity index (χ4v) is 3.09. The van der Waals surface area contributed by atoms with E-state index in [0.29, 0.717) is 5.78 Å². The lowest BCUT2D eigenvalue weighted by Crippen LogP contribution is -2.18. The molecule has 0 heterocycles. The Kier molecular flexibility index (Phi) is 4.03. The van der Waals surface area contributed by atoms with Crippen LogP contribution in [0.5, 0.6) is 0 Å². The molecular formula is C15H19BrO. The number of aryl methyl sites for hydroxylation is 2. The van der Waals surface area contributed by atoms with Crippen LogP contribution in [0.1, 0.15) is 53.6 Å². The molecule has 0 bridgehead atoms. The molecule has 2 heteroatoms. The van der Waals surface area contributed by atoms with Gasteiger partial charge in [0.1, 0.15) is 0 Å². The molecule has 0 unspecified atom stereocenters. The molecule has 1 aromatic carbocycles. The number of hydrogen-bond donors (Lipinski definition) is 0. The van der Waals surface area contributed by atoms with Gasteiger partial charge in [-0.2, -0.15) is 0 Å². The smallest absolute Gasteiger partial charge is 0.166 e. The zero-order valence-electron chi connectivity index (χ0n) is 10.6. The third-order valence-corrected chi connectivity index (χ3v) is 4.60. The Balaban J connectivity index is 2.26. The minimum atomic E-state index is 0.267. The van der Waals surface area contributed by atoms with Crippen molar-refractivity contribution in [1.82, 2.24) is 0 Å². The van der Waals surface area contributed by atoms with Gasteiger partial charge in [0.05, 0.1) is 0 Å². The second-order valence-corrected chi connectivity index (χ2v) is 5.97. The lowest BCUT2D eigenvalue weighted by molar-refractivity contribution is 0.0889. The first-order chi connectivity index (χ1) is 8.09. The summed E-state index contributed by atoms with van der Waals surface area (Å²) in [6, 6.07) is 4.10. The highest BCUT2D eigenvalue weighted by Crippen LogP contribution is 2.29. The van der Waals surface area contributed by atoms with Gasteiger partial charge in [-0.3, -0.25) is 4.79 Å². The standard InChI is InChI=1S/C15H19BrO/c1-10-9-14(16)11(2)8-13(10)15(17)12-6-4-3-5-7-12/h8-9,12H,3-7H2,1-2H3. The highest BCUT2D eigenvalue weighted by Gasteiger charge is 2.23. The van der Waals surface area contributed by atoms with E-state index in [0.717, 1.165) is 34.0 Å². The quantitative estimate of drug-likeness (QED) is 0.714. The second-order valence-electron chi connectivity index (χ2n) is 5.12. The Morgan fingerprint density at radius 3 is 2.41 bits per heavy atom. The Labute approximate surface area is 112 Å². The average Bonchev–Trinajstić information content (AvgIpc) is 2.34. The van der Waals surface area contributed by atoms with Crippen molar-refractivity contribution in [3.05, 3.63) is 33.3 Å². The first-order valence-corrected chi connectivity index (χ1v) is 7.20. The molecule has 1 aliphatic rings. The van der Waals surface area contributed by atoms with Crippen LogP contribution >= 0.6 is 15.9 Å². The molecule has 1 nitrogen and oxygen atoms in total. The van der Waals surface area contributed by atoms with Crippen molar-refractivity contribution >= 4 is 21.7 Å². The van der Waals surface area contributed by atoms with E-state index in [4.69, 9.17) is 0 Å². The van der Waals surface area contributed by atoms with Gasteiger partial charge in [0.15, 0.2) is 5.78 Å². The van der Waals surface area contributed by atoms with Crippen LogP contribution in [0.4, 0.5) is 0 Å². The summed E-state index contributed by atoms with van der Waals surface area (Å²) in [5.74, 6) is 0.626. The van der Waals surface area contributed by atoms with Crippen LogP contribution < -0.4 is 0 Å². The van der Waals surface area contributed by atoms with E-state index in [1.54, 1.807) is 0 Å². The lowest BCUT2D eigenvalue weighted by Gasteiger charge is -2.21. The second kappa shape index (κ2) is 5.34. The zero-order valence-corrected chi connectivity index (χ0v) is 12.1. The number of Topliss-reactive ketones (excluding diaryl/α,β-unsaturated/α-hetero) is 1. The maximum atomic E-state index is 12.5. The van der Waals surface area contributed by atoms with Crippen molar-refractivity contribution in [3.8, 4) is 0 Å². The van der Waals surface area contributed by atoms with E-state index in [2.05, 4.69) is 22.0 Å². The van der Waals surface area contributed by atoms with Gasteiger partial charge in [-0.1, -0.05) is 35.2 Å². The molecule has 1 fully saturated rings. The molecule has 0 N–H and O–H groups in total. The average molecular weight is 295 g/mol. The SMILES string of the molecule is Cc1cc(C(=O)C2CCCCC2)c(C)cc1Br. The number of halogens is 1. The molecule has 0 aliphatic heterocycles. The van der Waals surface area contributed by atoms with Crippen LogP contribution in [-0.4, -0.2) is 5.78 Å². The van der Waals surface area contributed by atoms with E-state index in [1.807, 2.05) is 19.9 Å². The number of carbonyl (C=O) groups excluding carboxylic acids is 1. The molecule has 0 aromatic heterocycles. The fourth-order valence-electron chi connectivity index (χ4n) is 2.63. The van der Waals surface area contributed by atoms with Crippen LogP contribution in [0.2, 0.25) is 0 Å². The van der Waals surface area contributed by atoms with Gasteiger partial charge in [-0.15, -0.1) is 0 Å². The maximum absolute atomic E-state index is 12.5. The fraction of sp³-hybridized carbons (Fsp3) is 0.533. The first-order valence-electron chi connectivity index (χ1n) is 6.40. The molecule has 0 amide bonds. The predicted molar refractivity (Wildman–Crippen MR) is 74.5 cm³/mol. The van der Waals surface area contributed by atoms with Crippen molar-refractivity contribution in [2.45, 2.75) is 46.0 Å². The molecule has 0 atom stereocenters. The third kappa shape index (κ3) is 2.79. The molecule has 0 saturated heterocycles. The summed E-state index contributed by atoms with van der Waals surface area (Å²) in [6.45, 7) is 4.07. The predicted octanol–water partition coefficient (Wildman–Crippen LogP) is 4.83. The van der Waals surface area contributed by atoms with Crippen molar-refractivity contribution in [3.63, 3.8) is 0 Å². The molecular weight excluding hydrogens is 276 g/mol. The van der Waals surface area contributed by atoms with Crippen molar-refractivity contribution in [2.24, 2.45) is 5.92 Å². The van der Waals surface area contributed by atoms with Crippen LogP contribution in [0.25, 0.3) is 0 Å². The minimum Gasteiger partial charge on any atom is -0.294 e. The van der Waals surface area contributed by atoms with Crippen molar-refractivity contribution < 1.29 is 4.79 Å². The van der Waals surface area contributed by atoms with Crippen LogP contribution in [-0.2, 0) is 0 Å². The summed E-state index contributed by atoms with van der Waals surface area (Å²) in [6.07, 6.45) is 5.87. The maximum Gasteiger partial charge on any atom is 0.166 e. The molecule has 1 aliphatic carbocycles. The molecule has 1 aromatic rings. The van der Waals surface area contributed by atoms with Crippen LogP contribution in [0, 0.1) is 19.8 Å².